The molecule has 234 valence electrons. The van der Waals surface area contributed by atoms with Crippen LogP contribution in [0.1, 0.15) is 32.1 Å². The number of pyridine rings is 1. The topological polar surface area (TPSA) is 94.8 Å². The average Bonchev–Trinajstić information content (AvgIpc) is 3.06. The molecule has 3 heterocycles. The van der Waals surface area contributed by atoms with Crippen LogP contribution >= 0.6 is 0 Å². The van der Waals surface area contributed by atoms with E-state index in [-0.39, 0.29) is 23.4 Å². The van der Waals surface area contributed by atoms with Crippen molar-refractivity contribution in [1.82, 2.24) is 10.3 Å². The molecule has 4 bridgehead atoms. The predicted molar refractivity (Wildman–Crippen MR) is 182 cm³/mol. The fraction of sp³-hybridized carbons (Fsp3) is 0.472. The monoisotopic (exact) mass is 620 g/mol. The molecule has 0 radical (unpaired) electrons. The molecule has 0 spiro atoms. The van der Waals surface area contributed by atoms with Crippen LogP contribution in [0.3, 0.4) is 0 Å². The third-order valence-electron chi connectivity index (χ3n) is 12.1. The molecule has 9 rings (SSSR count). The molecule has 5 fully saturated rings. The van der Waals surface area contributed by atoms with E-state index in [4.69, 9.17) is 10.7 Å². The predicted octanol–water partition coefficient (Wildman–Crippen LogP) is 5.24. The molecule has 1 aromatic heterocycles. The van der Waals surface area contributed by atoms with Gasteiger partial charge in [0.15, 0.2) is 0 Å². The third kappa shape index (κ3) is 4.90. The van der Waals surface area contributed by atoms with Crippen LogP contribution in [0.2, 0.25) is 18.6 Å². The highest BCUT2D eigenvalue weighted by atomic mass is 28.3. The molecular weight excluding hydrogens is 577 g/mol. The maximum absolute atomic E-state index is 13.9. The normalized spacial score (nSPS) is 29.8. The van der Waals surface area contributed by atoms with Crippen molar-refractivity contribution in [2.75, 3.05) is 40.9 Å². The van der Waals surface area contributed by atoms with E-state index in [0.29, 0.717) is 30.8 Å². The van der Waals surface area contributed by atoms with Gasteiger partial charge in [0.2, 0.25) is 5.91 Å². The third-order valence-corrected chi connectivity index (χ3v) is 16.4. The summed E-state index contributed by atoms with van der Waals surface area (Å²) < 4.78 is 0. The second-order valence-corrected chi connectivity index (χ2v) is 19.4. The van der Waals surface area contributed by atoms with Crippen molar-refractivity contribution in [3.05, 3.63) is 72.9 Å². The summed E-state index contributed by atoms with van der Waals surface area (Å²) in [4.78, 5) is 37.8. The van der Waals surface area contributed by atoms with E-state index in [1.165, 1.54) is 17.8 Å². The van der Waals surface area contributed by atoms with E-state index in [1.54, 1.807) is 5.19 Å². The summed E-state index contributed by atoms with van der Waals surface area (Å²) in [5.74, 6) is 2.01. The Morgan fingerprint density at radius 2 is 1.56 bits per heavy atom. The Labute approximate surface area is 267 Å². The number of fused-ring (bicyclic) bond motifs is 1. The maximum Gasteiger partial charge on any atom is 0.322 e. The van der Waals surface area contributed by atoms with Gasteiger partial charge in [-0.2, -0.15) is 0 Å². The quantitative estimate of drug-likeness (QED) is 0.381. The van der Waals surface area contributed by atoms with Crippen LogP contribution in [0, 0.1) is 23.2 Å². The van der Waals surface area contributed by atoms with Gasteiger partial charge in [-0.15, -0.1) is 0 Å². The Hall–Kier alpha value is -3.85. The first-order chi connectivity index (χ1) is 21.8. The van der Waals surface area contributed by atoms with Gasteiger partial charge in [-0.25, -0.2) is 9.78 Å². The number of urea groups is 1. The van der Waals surface area contributed by atoms with Crippen molar-refractivity contribution in [3.8, 4) is 0 Å². The zero-order valence-corrected chi connectivity index (χ0v) is 27.2. The molecule has 4 aliphatic carbocycles. The highest BCUT2D eigenvalue weighted by Gasteiger charge is 2.58. The highest BCUT2D eigenvalue weighted by molar-refractivity contribution is 6.91. The molecule has 3 aromatic rings. The molecule has 9 heteroatoms. The Bertz CT molecular complexity index is 1570. The van der Waals surface area contributed by atoms with Crippen LogP contribution in [0.25, 0.3) is 0 Å². The summed E-state index contributed by atoms with van der Waals surface area (Å²) in [5.41, 5.74) is 8.64. The largest absolute Gasteiger partial charge is 0.371 e. The number of para-hydroxylation sites is 2. The number of carbonyl (C=O) groups excluding carboxylic acids is 2. The van der Waals surface area contributed by atoms with Gasteiger partial charge in [-0.05, 0) is 86.2 Å². The Kier molecular flexibility index (Phi) is 6.93. The molecule has 2 aromatic carbocycles. The molecule has 3 N–H and O–H groups in total. The number of anilines is 4. The summed E-state index contributed by atoms with van der Waals surface area (Å²) in [5, 5.41) is 5.01. The molecule has 4 saturated carbocycles. The summed E-state index contributed by atoms with van der Waals surface area (Å²) >= 11 is 0. The summed E-state index contributed by atoms with van der Waals surface area (Å²) in [6, 6.07) is 26.2. The molecule has 8 nitrogen and oxygen atoms in total. The van der Waals surface area contributed by atoms with Crippen molar-refractivity contribution in [2.24, 2.45) is 28.9 Å². The number of carbonyl (C=O) groups is 2. The smallest absolute Gasteiger partial charge is 0.322 e. The number of benzene rings is 2. The minimum Gasteiger partial charge on any atom is -0.371 e. The molecule has 6 aliphatic rings. The van der Waals surface area contributed by atoms with Crippen LogP contribution in [0.4, 0.5) is 27.7 Å². The fourth-order valence-electron chi connectivity index (χ4n) is 9.71. The van der Waals surface area contributed by atoms with Crippen LogP contribution in [0.15, 0.2) is 72.9 Å². The van der Waals surface area contributed by atoms with Gasteiger partial charge >= 0.3 is 6.03 Å². The van der Waals surface area contributed by atoms with Crippen LogP contribution < -0.4 is 30.9 Å². The number of primary amides is 1. The number of hydrogen-bond donors (Lipinski definition) is 2. The number of rotatable bonds is 5. The van der Waals surface area contributed by atoms with Crippen LogP contribution in [-0.4, -0.2) is 57.2 Å². The van der Waals surface area contributed by atoms with Crippen LogP contribution in [-0.2, 0) is 4.79 Å². The highest BCUT2D eigenvalue weighted by Crippen LogP contribution is 2.60. The number of hydrogen-bond acceptors (Lipinski definition) is 5. The molecule has 2 unspecified atom stereocenters. The second kappa shape index (κ2) is 10.9. The fourth-order valence-corrected chi connectivity index (χ4v) is 13.1. The van der Waals surface area contributed by atoms with E-state index in [1.807, 2.05) is 29.3 Å². The number of nitrogens with two attached hydrogens (primary N) is 1. The molecular formula is C36H44N6O2Si. The summed E-state index contributed by atoms with van der Waals surface area (Å²) in [7, 11) is -1.44. The molecule has 2 atom stereocenters. The first-order valence-electron chi connectivity index (χ1n) is 16.8. The van der Waals surface area contributed by atoms with Gasteiger partial charge in [0.1, 0.15) is 5.82 Å². The lowest BCUT2D eigenvalue weighted by Crippen LogP contribution is -2.63. The van der Waals surface area contributed by atoms with E-state index >= 15 is 0 Å². The second-order valence-electron chi connectivity index (χ2n) is 14.7. The summed E-state index contributed by atoms with van der Waals surface area (Å²) in [6.07, 6.45) is 6.78. The molecule has 3 amide bonds. The number of nitrogens with one attached hydrogen (secondary N) is 1. The van der Waals surface area contributed by atoms with E-state index in [0.717, 1.165) is 62.4 Å². The lowest BCUT2D eigenvalue weighted by molar-refractivity contribution is -0.145. The van der Waals surface area contributed by atoms with E-state index in [9.17, 15) is 9.59 Å². The molecule has 2 aliphatic heterocycles. The Morgan fingerprint density at radius 3 is 2.22 bits per heavy atom. The van der Waals surface area contributed by atoms with Crippen molar-refractivity contribution in [3.63, 3.8) is 0 Å². The zero-order chi connectivity index (χ0) is 30.8. The zero-order valence-electron chi connectivity index (χ0n) is 26.2. The van der Waals surface area contributed by atoms with Gasteiger partial charge in [0.05, 0.1) is 31.3 Å². The van der Waals surface area contributed by atoms with Gasteiger partial charge < -0.3 is 20.9 Å². The van der Waals surface area contributed by atoms with E-state index in [2.05, 4.69) is 70.2 Å². The van der Waals surface area contributed by atoms with Crippen molar-refractivity contribution >= 4 is 48.1 Å². The first kappa shape index (κ1) is 28.6. The number of aromatic nitrogens is 1. The Morgan fingerprint density at radius 1 is 0.867 bits per heavy atom. The first-order valence-corrected chi connectivity index (χ1v) is 19.7. The van der Waals surface area contributed by atoms with Gasteiger partial charge in [-0.1, -0.05) is 54.2 Å². The standard InChI is InChI=1S/C36H44N6O2Si/c1-45(29-7-3-2-4-8-29)17-15-40(16-18-45)28-11-12-32(38-24-28)41-13-14-42(31-10-6-5-9-30(31)41)35(44)39-33-26-19-25-20-27(33)23-36(21-25,22-26)34(37)43/h2-12,24-27,33H,13-23H2,1H3,(H2,37,43)(H,39,44). The molecule has 1 saturated heterocycles. The van der Waals surface area contributed by atoms with Crippen LogP contribution in [0.5, 0.6) is 0 Å². The summed E-state index contributed by atoms with van der Waals surface area (Å²) in [6.45, 7) is 5.92. The van der Waals surface area contributed by atoms with Gasteiger partial charge in [0, 0.05) is 37.6 Å². The Balaban J connectivity index is 0.949. The van der Waals surface area contributed by atoms with Crippen molar-refractivity contribution < 1.29 is 9.59 Å². The average molecular weight is 621 g/mol. The SMILES string of the molecule is C[Si]1(c2ccccc2)CCN(c2ccc(N3CCN(C(=O)NC4C5CC6CC4CC(C(N)=O)(C6)C5)c4ccccc43)nc2)CC1. The number of nitrogens with zero attached hydrogens (tertiary/aromatic N) is 4. The molecule has 45 heavy (non-hydrogen) atoms. The van der Waals surface area contributed by atoms with E-state index < -0.39 is 8.07 Å². The lowest BCUT2D eigenvalue weighted by Gasteiger charge is -2.59. The maximum atomic E-state index is 13.9. The minimum absolute atomic E-state index is 0.0350. The van der Waals surface area contributed by atoms with Gasteiger partial charge in [-0.3, -0.25) is 9.69 Å². The lowest BCUT2D eigenvalue weighted by atomic mass is 9.47. The van der Waals surface area contributed by atoms with Gasteiger partial charge in [0.25, 0.3) is 0 Å². The van der Waals surface area contributed by atoms with Crippen molar-refractivity contribution in [1.29, 1.82) is 0 Å². The van der Waals surface area contributed by atoms with Crippen molar-refractivity contribution in [2.45, 2.75) is 56.8 Å². The number of amides is 3. The minimum atomic E-state index is -1.44.